The minimum atomic E-state index is -0.789. The Hall–Kier alpha value is -0.100. The molecule has 20 heavy (non-hydrogen) atoms. The van der Waals surface area contributed by atoms with Crippen LogP contribution in [0.25, 0.3) is 0 Å². The summed E-state index contributed by atoms with van der Waals surface area (Å²) in [4.78, 5) is 23.7. The highest BCUT2D eigenvalue weighted by atomic mass is 79.9. The third-order valence-corrected chi connectivity index (χ3v) is 3.38. The van der Waals surface area contributed by atoms with E-state index in [9.17, 15) is 9.59 Å². The van der Waals surface area contributed by atoms with Gasteiger partial charge in [0, 0.05) is 22.5 Å². The van der Waals surface area contributed by atoms with Gasteiger partial charge in [-0.15, -0.1) is 0 Å². The molecule has 2 unspecified atom stereocenters. The highest BCUT2D eigenvalue weighted by Gasteiger charge is 2.25. The van der Waals surface area contributed by atoms with Crippen molar-refractivity contribution in [1.29, 1.82) is 0 Å². The molecule has 0 N–H and O–H groups in total. The lowest BCUT2D eigenvalue weighted by atomic mass is 10.1. The van der Waals surface area contributed by atoms with Crippen LogP contribution >= 0.6 is 31.9 Å². The zero-order chi connectivity index (χ0) is 15.8. The second-order valence-electron chi connectivity index (χ2n) is 5.53. The monoisotopic (exact) mass is 414 g/mol. The lowest BCUT2D eigenvalue weighted by Gasteiger charge is -2.24. The molecule has 0 spiro atoms. The van der Waals surface area contributed by atoms with Crippen LogP contribution in [0.2, 0.25) is 0 Å². The summed E-state index contributed by atoms with van der Waals surface area (Å²) in [6.07, 6.45) is 2.16. The van der Waals surface area contributed by atoms with Crippen molar-refractivity contribution >= 4 is 43.8 Å². The summed E-state index contributed by atoms with van der Waals surface area (Å²) in [7, 11) is 0. The Morgan fingerprint density at radius 3 is 1.90 bits per heavy atom. The van der Waals surface area contributed by atoms with E-state index in [2.05, 4.69) is 31.9 Å². The number of halogens is 2. The topological polar surface area (TPSA) is 52.6 Å². The molecule has 0 aliphatic heterocycles. The lowest BCUT2D eigenvalue weighted by molar-refractivity contribution is -0.168. The van der Waals surface area contributed by atoms with Gasteiger partial charge in [0.25, 0.3) is 0 Å². The molecule has 0 bridgehead atoms. The normalized spacial score (nSPS) is 14.5. The summed E-state index contributed by atoms with van der Waals surface area (Å²) < 4.78 is 10.5. The van der Waals surface area contributed by atoms with Crippen molar-refractivity contribution in [2.75, 3.05) is 6.61 Å². The van der Waals surface area contributed by atoms with Gasteiger partial charge in [-0.05, 0) is 26.7 Å². The van der Waals surface area contributed by atoms with Crippen LogP contribution in [0, 0.1) is 0 Å². The quantitative estimate of drug-likeness (QED) is 0.422. The Kier molecular flexibility index (Phi) is 9.72. The summed E-state index contributed by atoms with van der Waals surface area (Å²) in [5.74, 6) is -0.541. The van der Waals surface area contributed by atoms with Crippen LogP contribution in [0.1, 0.15) is 53.4 Å². The first kappa shape index (κ1) is 19.9. The van der Waals surface area contributed by atoms with Gasteiger partial charge in [-0.1, -0.05) is 45.7 Å². The molecule has 0 amide bonds. The molecule has 0 saturated carbocycles. The van der Waals surface area contributed by atoms with E-state index in [1.807, 2.05) is 13.8 Å². The first-order chi connectivity index (χ1) is 9.12. The van der Waals surface area contributed by atoms with Crippen molar-refractivity contribution in [2.45, 2.75) is 68.6 Å². The van der Waals surface area contributed by atoms with E-state index in [0.29, 0.717) is 12.8 Å². The van der Waals surface area contributed by atoms with Crippen LogP contribution in [-0.2, 0) is 19.1 Å². The van der Waals surface area contributed by atoms with Crippen LogP contribution in [-0.4, -0.2) is 33.8 Å². The fourth-order valence-electron chi connectivity index (χ4n) is 1.35. The van der Waals surface area contributed by atoms with Crippen molar-refractivity contribution in [3.05, 3.63) is 0 Å². The number of alkyl halides is 2. The van der Waals surface area contributed by atoms with Crippen LogP contribution in [0.15, 0.2) is 0 Å². The van der Waals surface area contributed by atoms with Crippen molar-refractivity contribution in [3.8, 4) is 0 Å². The Morgan fingerprint density at radius 1 is 1.00 bits per heavy atom. The van der Waals surface area contributed by atoms with E-state index in [1.165, 1.54) is 0 Å². The molecule has 0 aromatic rings. The maximum atomic E-state index is 11.6. The number of ether oxygens (including phenoxy) is 2. The maximum absolute atomic E-state index is 11.6. The second kappa shape index (κ2) is 9.77. The van der Waals surface area contributed by atoms with Gasteiger partial charge in [0.2, 0.25) is 0 Å². The van der Waals surface area contributed by atoms with Gasteiger partial charge in [0.05, 0.1) is 0 Å². The van der Waals surface area contributed by atoms with Crippen LogP contribution in [0.5, 0.6) is 0 Å². The number of carbonyl (C=O) groups is 2. The van der Waals surface area contributed by atoms with E-state index in [-0.39, 0.29) is 28.2 Å². The van der Waals surface area contributed by atoms with Gasteiger partial charge in [-0.25, -0.2) is 0 Å². The Bertz CT molecular complexity index is 314. The third-order valence-electron chi connectivity index (χ3n) is 2.46. The van der Waals surface area contributed by atoms with Crippen molar-refractivity contribution in [3.63, 3.8) is 0 Å². The standard InChI is InChI=1S/C14H24Br2O4/c1-10(15)5-7-12(17)19-9-14(3,4)20-13(18)8-6-11(2)16/h10-11H,5-9H2,1-4H3. The summed E-state index contributed by atoms with van der Waals surface area (Å²) >= 11 is 6.75. The first-order valence-corrected chi connectivity index (χ1v) is 8.61. The van der Waals surface area contributed by atoms with Gasteiger partial charge in [0.1, 0.15) is 12.2 Å². The van der Waals surface area contributed by atoms with E-state index in [0.717, 1.165) is 12.8 Å². The van der Waals surface area contributed by atoms with Gasteiger partial charge in [0.15, 0.2) is 0 Å². The number of esters is 2. The number of rotatable bonds is 9. The molecule has 0 fully saturated rings. The van der Waals surface area contributed by atoms with E-state index in [4.69, 9.17) is 9.47 Å². The zero-order valence-corrected chi connectivity index (χ0v) is 15.8. The Morgan fingerprint density at radius 2 is 1.45 bits per heavy atom. The molecule has 0 radical (unpaired) electrons. The van der Waals surface area contributed by atoms with E-state index in [1.54, 1.807) is 13.8 Å². The largest absolute Gasteiger partial charge is 0.461 e. The van der Waals surface area contributed by atoms with Crippen LogP contribution in [0.3, 0.4) is 0 Å². The van der Waals surface area contributed by atoms with Gasteiger partial charge in [-0.3, -0.25) is 9.59 Å². The smallest absolute Gasteiger partial charge is 0.306 e. The van der Waals surface area contributed by atoms with E-state index >= 15 is 0 Å². The summed E-state index contributed by atoms with van der Waals surface area (Å²) in [5, 5.41) is 0. The first-order valence-electron chi connectivity index (χ1n) is 6.78. The van der Waals surface area contributed by atoms with E-state index < -0.39 is 5.60 Å². The summed E-state index contributed by atoms with van der Waals surface area (Å²) in [5.41, 5.74) is -0.789. The zero-order valence-electron chi connectivity index (χ0n) is 12.6. The number of carbonyl (C=O) groups excluding carboxylic acids is 2. The average molecular weight is 416 g/mol. The van der Waals surface area contributed by atoms with Crippen molar-refractivity contribution in [2.24, 2.45) is 0 Å². The average Bonchev–Trinajstić information content (AvgIpc) is 2.31. The van der Waals surface area contributed by atoms with Gasteiger partial charge >= 0.3 is 11.9 Å². The molecule has 2 atom stereocenters. The molecule has 0 rings (SSSR count). The Balaban J connectivity index is 3.99. The molecule has 0 saturated heterocycles. The fourth-order valence-corrected chi connectivity index (χ4v) is 1.81. The van der Waals surface area contributed by atoms with Crippen molar-refractivity contribution < 1.29 is 19.1 Å². The molecule has 118 valence electrons. The Labute approximate surface area is 138 Å². The summed E-state index contributed by atoms with van der Waals surface area (Å²) in [6.45, 7) is 7.51. The highest BCUT2D eigenvalue weighted by molar-refractivity contribution is 9.09. The fraction of sp³-hybridized carbons (Fsp3) is 0.857. The number of hydrogen-bond donors (Lipinski definition) is 0. The molecular weight excluding hydrogens is 392 g/mol. The second-order valence-corrected chi connectivity index (χ2v) is 8.66. The van der Waals surface area contributed by atoms with Gasteiger partial charge in [-0.2, -0.15) is 0 Å². The molecule has 0 aliphatic rings. The molecule has 4 nitrogen and oxygen atoms in total. The predicted octanol–water partition coefficient (Wildman–Crippen LogP) is 3.98. The highest BCUT2D eigenvalue weighted by Crippen LogP contribution is 2.15. The minimum absolute atomic E-state index is 0.0815. The molecule has 0 aliphatic carbocycles. The molecular formula is C14H24Br2O4. The summed E-state index contributed by atoms with van der Waals surface area (Å²) in [6, 6.07) is 0. The SMILES string of the molecule is CC(Br)CCC(=O)OCC(C)(C)OC(=O)CCC(C)Br. The van der Waals surface area contributed by atoms with Crippen LogP contribution in [0.4, 0.5) is 0 Å². The van der Waals surface area contributed by atoms with Crippen molar-refractivity contribution in [1.82, 2.24) is 0 Å². The predicted molar refractivity (Wildman–Crippen MR) is 86.4 cm³/mol. The molecule has 0 heterocycles. The lowest BCUT2D eigenvalue weighted by Crippen LogP contribution is -2.34. The minimum Gasteiger partial charge on any atom is -0.461 e. The van der Waals surface area contributed by atoms with Crippen LogP contribution < -0.4 is 0 Å². The molecule has 0 aromatic carbocycles. The number of hydrogen-bond acceptors (Lipinski definition) is 4. The molecule has 0 aromatic heterocycles. The maximum Gasteiger partial charge on any atom is 0.306 e. The molecule has 6 heteroatoms. The van der Waals surface area contributed by atoms with Gasteiger partial charge < -0.3 is 9.47 Å². The third kappa shape index (κ3) is 11.7.